The molecule has 4 nitrogen and oxygen atoms in total. The molecule has 0 saturated carbocycles. The van der Waals surface area contributed by atoms with Crippen molar-refractivity contribution in [1.82, 2.24) is 19.6 Å². The predicted molar refractivity (Wildman–Crippen MR) is 40.5 cm³/mol. The number of hydrogen-bond acceptors (Lipinski definition) is 3. The molecule has 0 bridgehead atoms. The summed E-state index contributed by atoms with van der Waals surface area (Å²) in [4.78, 5) is 7.88. The summed E-state index contributed by atoms with van der Waals surface area (Å²) >= 11 is 5.89. The van der Waals surface area contributed by atoms with Crippen LogP contribution in [0.25, 0.3) is 5.78 Å². The first-order valence-corrected chi connectivity index (χ1v) is 3.47. The first-order valence-electron chi connectivity index (χ1n) is 3.10. The van der Waals surface area contributed by atoms with Crippen molar-refractivity contribution in [3.05, 3.63) is 23.2 Å². The SMILES string of the molecule is Cc1cnc2ncnn2c1Cl. The van der Waals surface area contributed by atoms with E-state index in [1.807, 2.05) is 6.92 Å². The molecule has 0 aliphatic rings. The number of aryl methyl sites for hydroxylation is 1. The van der Waals surface area contributed by atoms with Crippen molar-refractivity contribution in [3.8, 4) is 0 Å². The molecule has 5 heteroatoms. The van der Waals surface area contributed by atoms with Gasteiger partial charge in [-0.25, -0.2) is 4.98 Å². The van der Waals surface area contributed by atoms with Crippen LogP contribution in [0.1, 0.15) is 5.56 Å². The molecule has 2 aromatic heterocycles. The molecular weight excluding hydrogens is 164 g/mol. The van der Waals surface area contributed by atoms with E-state index in [1.54, 1.807) is 6.20 Å². The van der Waals surface area contributed by atoms with Gasteiger partial charge in [-0.1, -0.05) is 11.6 Å². The number of aromatic nitrogens is 4. The van der Waals surface area contributed by atoms with E-state index in [1.165, 1.54) is 10.8 Å². The van der Waals surface area contributed by atoms with Gasteiger partial charge in [-0.15, -0.1) is 0 Å². The summed E-state index contributed by atoms with van der Waals surface area (Å²) in [6, 6.07) is 0. The van der Waals surface area contributed by atoms with Crippen LogP contribution < -0.4 is 0 Å². The van der Waals surface area contributed by atoms with Crippen molar-refractivity contribution < 1.29 is 0 Å². The minimum atomic E-state index is 0.528. The third-order valence-corrected chi connectivity index (χ3v) is 1.87. The summed E-state index contributed by atoms with van der Waals surface area (Å²) in [7, 11) is 0. The van der Waals surface area contributed by atoms with Crippen molar-refractivity contribution in [2.24, 2.45) is 0 Å². The van der Waals surface area contributed by atoms with Crippen LogP contribution in [-0.4, -0.2) is 19.6 Å². The number of nitrogens with zero attached hydrogens (tertiary/aromatic N) is 4. The number of fused-ring (bicyclic) bond motifs is 1. The minimum absolute atomic E-state index is 0.528. The predicted octanol–water partition coefficient (Wildman–Crippen LogP) is 1.09. The lowest BCUT2D eigenvalue weighted by atomic mass is 10.4. The molecule has 2 rings (SSSR count). The van der Waals surface area contributed by atoms with Crippen molar-refractivity contribution >= 4 is 17.4 Å². The maximum Gasteiger partial charge on any atom is 0.253 e. The Labute approximate surface area is 67.8 Å². The Kier molecular flexibility index (Phi) is 1.29. The summed E-state index contributed by atoms with van der Waals surface area (Å²) < 4.78 is 1.50. The third-order valence-electron chi connectivity index (χ3n) is 1.41. The Morgan fingerprint density at radius 3 is 3.09 bits per heavy atom. The number of rotatable bonds is 0. The second-order valence-corrected chi connectivity index (χ2v) is 2.56. The van der Waals surface area contributed by atoms with Gasteiger partial charge in [-0.05, 0) is 6.92 Å². The van der Waals surface area contributed by atoms with E-state index in [2.05, 4.69) is 15.1 Å². The van der Waals surface area contributed by atoms with Crippen LogP contribution in [0, 0.1) is 6.92 Å². The standard InChI is InChI=1S/C6H5ClN4/c1-4-2-8-6-9-3-10-11(6)5(4)7/h2-3H,1H3. The summed E-state index contributed by atoms with van der Waals surface area (Å²) in [6.45, 7) is 1.87. The van der Waals surface area contributed by atoms with E-state index in [0.717, 1.165) is 5.56 Å². The Bertz CT molecular complexity index is 394. The van der Waals surface area contributed by atoms with Crippen molar-refractivity contribution in [1.29, 1.82) is 0 Å². The van der Waals surface area contributed by atoms with Gasteiger partial charge < -0.3 is 0 Å². The van der Waals surface area contributed by atoms with E-state index in [9.17, 15) is 0 Å². The van der Waals surface area contributed by atoms with Crippen molar-refractivity contribution in [2.75, 3.05) is 0 Å². The Morgan fingerprint density at radius 1 is 1.45 bits per heavy atom. The zero-order valence-corrected chi connectivity index (χ0v) is 6.58. The smallest absolute Gasteiger partial charge is 0.219 e. The molecule has 0 spiro atoms. The first kappa shape index (κ1) is 6.54. The summed E-state index contributed by atoms with van der Waals surface area (Å²) in [5.74, 6) is 0.528. The van der Waals surface area contributed by atoms with Gasteiger partial charge in [-0.2, -0.15) is 14.6 Å². The highest BCUT2D eigenvalue weighted by Gasteiger charge is 2.02. The Balaban J connectivity index is 2.93. The summed E-state index contributed by atoms with van der Waals surface area (Å²) in [5.41, 5.74) is 0.893. The lowest BCUT2D eigenvalue weighted by Gasteiger charge is -1.96. The fourth-order valence-corrected chi connectivity index (χ4v) is 1.00. The van der Waals surface area contributed by atoms with Crippen molar-refractivity contribution in [2.45, 2.75) is 6.92 Å². The molecule has 56 valence electrons. The molecule has 0 aliphatic heterocycles. The first-order chi connectivity index (χ1) is 5.29. The van der Waals surface area contributed by atoms with Crippen LogP contribution in [0.3, 0.4) is 0 Å². The van der Waals surface area contributed by atoms with E-state index < -0.39 is 0 Å². The van der Waals surface area contributed by atoms with Crippen LogP contribution in [0.4, 0.5) is 0 Å². The lowest BCUT2D eigenvalue weighted by Crippen LogP contribution is -1.94. The molecule has 0 unspecified atom stereocenters. The van der Waals surface area contributed by atoms with Gasteiger partial charge in [0, 0.05) is 11.8 Å². The van der Waals surface area contributed by atoms with Gasteiger partial charge in [0.15, 0.2) is 0 Å². The topological polar surface area (TPSA) is 43.1 Å². The highest BCUT2D eigenvalue weighted by Crippen LogP contribution is 2.12. The quantitative estimate of drug-likeness (QED) is 0.553. The highest BCUT2D eigenvalue weighted by molar-refractivity contribution is 6.30. The van der Waals surface area contributed by atoms with Gasteiger partial charge in [0.05, 0.1) is 0 Å². The van der Waals surface area contributed by atoms with E-state index in [-0.39, 0.29) is 0 Å². The van der Waals surface area contributed by atoms with Gasteiger partial charge in [0.1, 0.15) is 11.5 Å². The molecule has 0 N–H and O–H groups in total. The van der Waals surface area contributed by atoms with Crippen LogP contribution in [0.5, 0.6) is 0 Å². The second kappa shape index (κ2) is 2.17. The molecular formula is C6H5ClN4. The van der Waals surface area contributed by atoms with E-state index in [0.29, 0.717) is 10.9 Å². The maximum atomic E-state index is 5.89. The molecule has 2 heterocycles. The second-order valence-electron chi connectivity index (χ2n) is 2.20. The molecule has 0 aliphatic carbocycles. The normalized spacial score (nSPS) is 10.7. The maximum absolute atomic E-state index is 5.89. The fraction of sp³-hybridized carbons (Fsp3) is 0.167. The average Bonchev–Trinajstić information content (AvgIpc) is 2.45. The van der Waals surface area contributed by atoms with E-state index in [4.69, 9.17) is 11.6 Å². The molecule has 0 radical (unpaired) electrons. The van der Waals surface area contributed by atoms with Crippen LogP contribution in [0.2, 0.25) is 5.15 Å². The molecule has 0 aromatic carbocycles. The summed E-state index contributed by atoms with van der Waals surface area (Å²) in [6.07, 6.45) is 3.10. The molecule has 11 heavy (non-hydrogen) atoms. The monoisotopic (exact) mass is 168 g/mol. The number of halogens is 1. The number of hydrogen-bond donors (Lipinski definition) is 0. The minimum Gasteiger partial charge on any atom is -0.219 e. The van der Waals surface area contributed by atoms with Gasteiger partial charge in [-0.3, -0.25) is 0 Å². The molecule has 0 fully saturated rings. The Morgan fingerprint density at radius 2 is 2.27 bits per heavy atom. The zero-order chi connectivity index (χ0) is 7.84. The van der Waals surface area contributed by atoms with Gasteiger partial charge >= 0.3 is 0 Å². The van der Waals surface area contributed by atoms with Crippen LogP contribution in [-0.2, 0) is 0 Å². The van der Waals surface area contributed by atoms with Crippen LogP contribution in [0.15, 0.2) is 12.5 Å². The average molecular weight is 169 g/mol. The van der Waals surface area contributed by atoms with Crippen LogP contribution >= 0.6 is 11.6 Å². The van der Waals surface area contributed by atoms with E-state index >= 15 is 0 Å². The summed E-state index contributed by atoms with van der Waals surface area (Å²) in [5, 5.41) is 4.45. The van der Waals surface area contributed by atoms with Gasteiger partial charge in [0.25, 0.3) is 5.78 Å². The molecule has 0 saturated heterocycles. The molecule has 0 amide bonds. The Hall–Kier alpha value is -1.16. The highest BCUT2D eigenvalue weighted by atomic mass is 35.5. The lowest BCUT2D eigenvalue weighted by molar-refractivity contribution is 0.928. The fourth-order valence-electron chi connectivity index (χ4n) is 0.837. The van der Waals surface area contributed by atoms with Gasteiger partial charge in [0.2, 0.25) is 0 Å². The zero-order valence-electron chi connectivity index (χ0n) is 5.82. The molecule has 2 aromatic rings. The van der Waals surface area contributed by atoms with Crippen molar-refractivity contribution in [3.63, 3.8) is 0 Å². The third kappa shape index (κ3) is 0.867. The molecule has 0 atom stereocenters. The largest absolute Gasteiger partial charge is 0.253 e.